The molecule has 8 heteroatoms. The van der Waals surface area contributed by atoms with Crippen LogP contribution in [0.4, 0.5) is 4.79 Å². The standard InChI is InChI=1S/C23H31N3O5/c1-5-30-22(28)13-24-23(29)26(17(2)3)16-21(27)25(14-19-9-7-6-8-10-19)15-20-12-11-18(4)31-20/h6-12,17H,5,13-16H2,1-4H3,(H,24,29). The number of carbonyl (C=O) groups excluding carboxylic acids is 3. The number of ether oxygens (including phenoxy) is 1. The normalized spacial score (nSPS) is 10.6. The van der Waals surface area contributed by atoms with Gasteiger partial charge in [0.15, 0.2) is 0 Å². The summed E-state index contributed by atoms with van der Waals surface area (Å²) in [7, 11) is 0. The highest BCUT2D eigenvalue weighted by Gasteiger charge is 2.25. The second kappa shape index (κ2) is 11.8. The monoisotopic (exact) mass is 429 g/mol. The van der Waals surface area contributed by atoms with E-state index in [4.69, 9.17) is 9.15 Å². The second-order valence-corrected chi connectivity index (χ2v) is 7.43. The molecule has 2 rings (SSSR count). The van der Waals surface area contributed by atoms with E-state index in [-0.39, 0.29) is 38.2 Å². The first kappa shape index (κ1) is 24.0. The fourth-order valence-corrected chi connectivity index (χ4v) is 2.99. The lowest BCUT2D eigenvalue weighted by molar-refractivity contribution is -0.141. The van der Waals surface area contributed by atoms with Gasteiger partial charge in [-0.2, -0.15) is 0 Å². The molecule has 0 aliphatic rings. The van der Waals surface area contributed by atoms with Gasteiger partial charge in [0.2, 0.25) is 5.91 Å². The predicted molar refractivity (Wildman–Crippen MR) is 116 cm³/mol. The Labute approximate surface area is 183 Å². The van der Waals surface area contributed by atoms with Crippen molar-refractivity contribution in [3.63, 3.8) is 0 Å². The van der Waals surface area contributed by atoms with Crippen LogP contribution in [-0.2, 0) is 27.4 Å². The van der Waals surface area contributed by atoms with Crippen LogP contribution in [0.15, 0.2) is 46.9 Å². The molecule has 2 aromatic rings. The third-order valence-corrected chi connectivity index (χ3v) is 4.59. The molecule has 0 saturated heterocycles. The Bertz CT molecular complexity index is 863. The van der Waals surface area contributed by atoms with Crippen molar-refractivity contribution in [2.45, 2.75) is 46.8 Å². The summed E-state index contributed by atoms with van der Waals surface area (Å²) in [5.41, 5.74) is 0.974. The Hall–Kier alpha value is -3.29. The first-order valence-corrected chi connectivity index (χ1v) is 10.4. The lowest BCUT2D eigenvalue weighted by Crippen LogP contribution is -2.50. The van der Waals surface area contributed by atoms with Crippen LogP contribution in [0.1, 0.15) is 37.9 Å². The van der Waals surface area contributed by atoms with E-state index < -0.39 is 12.0 Å². The summed E-state index contributed by atoms with van der Waals surface area (Å²) in [4.78, 5) is 40.4. The number of urea groups is 1. The van der Waals surface area contributed by atoms with Crippen molar-refractivity contribution in [1.82, 2.24) is 15.1 Å². The number of aryl methyl sites for hydroxylation is 1. The van der Waals surface area contributed by atoms with Crippen molar-refractivity contribution in [1.29, 1.82) is 0 Å². The number of nitrogens with zero attached hydrogens (tertiary/aromatic N) is 2. The van der Waals surface area contributed by atoms with Crippen LogP contribution in [0, 0.1) is 6.92 Å². The second-order valence-electron chi connectivity index (χ2n) is 7.43. The molecule has 1 aromatic carbocycles. The molecule has 1 aromatic heterocycles. The summed E-state index contributed by atoms with van der Waals surface area (Å²) >= 11 is 0. The number of hydrogen-bond donors (Lipinski definition) is 1. The van der Waals surface area contributed by atoms with Crippen LogP contribution in [-0.4, -0.2) is 53.4 Å². The molecule has 1 heterocycles. The number of hydrogen-bond acceptors (Lipinski definition) is 5. The maximum atomic E-state index is 13.2. The summed E-state index contributed by atoms with van der Waals surface area (Å²) in [6.07, 6.45) is 0. The smallest absolute Gasteiger partial charge is 0.325 e. The molecule has 0 aliphatic heterocycles. The molecular weight excluding hydrogens is 398 g/mol. The Kier molecular flexibility index (Phi) is 9.12. The van der Waals surface area contributed by atoms with E-state index in [1.54, 1.807) is 11.8 Å². The third-order valence-electron chi connectivity index (χ3n) is 4.59. The third kappa shape index (κ3) is 7.81. The molecule has 0 aliphatic carbocycles. The largest absolute Gasteiger partial charge is 0.465 e. The maximum absolute atomic E-state index is 13.2. The van der Waals surface area contributed by atoms with Gasteiger partial charge in [-0.05, 0) is 45.4 Å². The fourth-order valence-electron chi connectivity index (χ4n) is 2.99. The number of amides is 3. The highest BCUT2D eigenvalue weighted by Crippen LogP contribution is 2.14. The number of furan rings is 1. The summed E-state index contributed by atoms with van der Waals surface area (Å²) in [5, 5.41) is 2.52. The molecule has 0 bridgehead atoms. The molecular formula is C23H31N3O5. The number of carbonyl (C=O) groups is 3. The van der Waals surface area contributed by atoms with Crippen molar-refractivity contribution < 1.29 is 23.5 Å². The van der Waals surface area contributed by atoms with Crippen LogP contribution in [0.2, 0.25) is 0 Å². The lowest BCUT2D eigenvalue weighted by atomic mass is 10.2. The van der Waals surface area contributed by atoms with Gasteiger partial charge in [-0.3, -0.25) is 9.59 Å². The van der Waals surface area contributed by atoms with Crippen molar-refractivity contribution in [2.75, 3.05) is 19.7 Å². The molecule has 3 amide bonds. The van der Waals surface area contributed by atoms with Gasteiger partial charge in [0.05, 0.1) is 13.2 Å². The van der Waals surface area contributed by atoms with Crippen LogP contribution < -0.4 is 5.32 Å². The van der Waals surface area contributed by atoms with Gasteiger partial charge in [0, 0.05) is 12.6 Å². The van der Waals surface area contributed by atoms with Crippen LogP contribution >= 0.6 is 0 Å². The van der Waals surface area contributed by atoms with E-state index in [9.17, 15) is 14.4 Å². The van der Waals surface area contributed by atoms with E-state index in [1.165, 1.54) is 4.90 Å². The zero-order valence-electron chi connectivity index (χ0n) is 18.6. The van der Waals surface area contributed by atoms with E-state index in [1.807, 2.05) is 63.2 Å². The Morgan fingerprint density at radius 3 is 2.35 bits per heavy atom. The Morgan fingerprint density at radius 2 is 1.77 bits per heavy atom. The molecule has 0 unspecified atom stereocenters. The van der Waals surface area contributed by atoms with E-state index >= 15 is 0 Å². The quantitative estimate of drug-likeness (QED) is 0.586. The summed E-state index contributed by atoms with van der Waals surface area (Å²) in [5.74, 6) is 0.691. The number of benzene rings is 1. The summed E-state index contributed by atoms with van der Waals surface area (Å²) in [6.45, 7) is 7.71. The van der Waals surface area contributed by atoms with E-state index in [0.717, 1.165) is 11.3 Å². The molecule has 0 fully saturated rings. The molecule has 0 atom stereocenters. The van der Waals surface area contributed by atoms with Gasteiger partial charge in [-0.15, -0.1) is 0 Å². The zero-order chi connectivity index (χ0) is 22.8. The average molecular weight is 430 g/mol. The van der Waals surface area contributed by atoms with Gasteiger partial charge in [0.1, 0.15) is 24.6 Å². The average Bonchev–Trinajstić information content (AvgIpc) is 3.15. The van der Waals surface area contributed by atoms with Crippen LogP contribution in [0.3, 0.4) is 0 Å². The van der Waals surface area contributed by atoms with E-state index in [2.05, 4.69) is 5.32 Å². The highest BCUT2D eigenvalue weighted by molar-refractivity contribution is 5.86. The first-order chi connectivity index (χ1) is 14.8. The molecule has 0 saturated carbocycles. The molecule has 0 radical (unpaired) electrons. The molecule has 0 spiro atoms. The molecule has 31 heavy (non-hydrogen) atoms. The van der Waals surface area contributed by atoms with Gasteiger partial charge in [0.25, 0.3) is 0 Å². The minimum Gasteiger partial charge on any atom is -0.465 e. The van der Waals surface area contributed by atoms with Crippen molar-refractivity contribution in [3.05, 3.63) is 59.5 Å². The minimum atomic E-state index is -0.523. The topological polar surface area (TPSA) is 92.1 Å². The van der Waals surface area contributed by atoms with Crippen LogP contribution in [0.5, 0.6) is 0 Å². The molecule has 8 nitrogen and oxygen atoms in total. The molecule has 168 valence electrons. The minimum absolute atomic E-state index is 0.126. The first-order valence-electron chi connectivity index (χ1n) is 10.4. The van der Waals surface area contributed by atoms with Crippen molar-refractivity contribution in [3.8, 4) is 0 Å². The van der Waals surface area contributed by atoms with E-state index in [0.29, 0.717) is 12.3 Å². The summed E-state index contributed by atoms with van der Waals surface area (Å²) < 4.78 is 10.5. The van der Waals surface area contributed by atoms with Crippen molar-refractivity contribution in [2.24, 2.45) is 0 Å². The Balaban J connectivity index is 2.10. The summed E-state index contributed by atoms with van der Waals surface area (Å²) in [6, 6.07) is 12.6. The van der Waals surface area contributed by atoms with Crippen molar-refractivity contribution >= 4 is 17.9 Å². The SMILES string of the molecule is CCOC(=O)CNC(=O)N(CC(=O)N(Cc1ccccc1)Cc1ccc(C)o1)C(C)C. The lowest BCUT2D eigenvalue weighted by Gasteiger charge is -2.30. The highest BCUT2D eigenvalue weighted by atomic mass is 16.5. The predicted octanol–water partition coefficient (Wildman–Crippen LogP) is 3.10. The zero-order valence-corrected chi connectivity index (χ0v) is 18.6. The number of nitrogens with one attached hydrogen (secondary N) is 1. The number of rotatable bonds is 10. The van der Waals surface area contributed by atoms with Gasteiger partial charge in [-0.1, -0.05) is 30.3 Å². The fraction of sp³-hybridized carbons (Fsp3) is 0.435. The van der Waals surface area contributed by atoms with Gasteiger partial charge < -0.3 is 24.3 Å². The maximum Gasteiger partial charge on any atom is 0.325 e. The Morgan fingerprint density at radius 1 is 1.06 bits per heavy atom. The molecule has 1 N–H and O–H groups in total. The van der Waals surface area contributed by atoms with Crippen LogP contribution in [0.25, 0.3) is 0 Å². The van der Waals surface area contributed by atoms with Gasteiger partial charge in [-0.25, -0.2) is 4.79 Å². The number of esters is 1. The van der Waals surface area contributed by atoms with Gasteiger partial charge >= 0.3 is 12.0 Å².